The van der Waals surface area contributed by atoms with Crippen molar-refractivity contribution in [3.8, 4) is 11.5 Å². The zero-order valence-electron chi connectivity index (χ0n) is 12.0. The molecule has 0 unspecified atom stereocenters. The molecule has 0 aliphatic carbocycles. The first-order valence-electron chi connectivity index (χ1n) is 6.59. The minimum atomic E-state index is -0.191. The van der Waals surface area contributed by atoms with Gasteiger partial charge in [-0.05, 0) is 18.6 Å². The van der Waals surface area contributed by atoms with Crippen LogP contribution >= 0.6 is 0 Å². The number of benzene rings is 1. The summed E-state index contributed by atoms with van der Waals surface area (Å²) in [6, 6.07) is 5.21. The maximum absolute atomic E-state index is 12.2. The molecule has 7 nitrogen and oxygen atoms in total. The lowest BCUT2D eigenvalue weighted by atomic mass is 10.1. The average Bonchev–Trinajstić information content (AvgIpc) is 3.03. The Morgan fingerprint density at radius 2 is 2.19 bits per heavy atom. The number of ether oxygens (including phenoxy) is 2. The first kappa shape index (κ1) is 14.8. The van der Waals surface area contributed by atoms with Gasteiger partial charge in [0.25, 0.3) is 5.91 Å². The Bertz CT molecular complexity index is 584. The van der Waals surface area contributed by atoms with Gasteiger partial charge in [0.2, 0.25) is 0 Å². The highest BCUT2D eigenvalue weighted by molar-refractivity contribution is 5.97. The van der Waals surface area contributed by atoms with Crippen molar-refractivity contribution in [2.75, 3.05) is 20.8 Å². The van der Waals surface area contributed by atoms with E-state index in [4.69, 9.17) is 9.47 Å². The number of aromatic amines is 1. The van der Waals surface area contributed by atoms with E-state index in [0.717, 1.165) is 18.7 Å². The van der Waals surface area contributed by atoms with Crippen molar-refractivity contribution in [2.24, 2.45) is 0 Å². The second-order valence-electron chi connectivity index (χ2n) is 4.33. The van der Waals surface area contributed by atoms with Gasteiger partial charge in [0.15, 0.2) is 11.5 Å². The van der Waals surface area contributed by atoms with Crippen LogP contribution in [0.5, 0.6) is 11.5 Å². The normalized spacial score (nSPS) is 10.2. The third kappa shape index (κ3) is 3.71. The molecule has 2 aromatic rings. The SMILES string of the molecule is COc1cccc(C(=O)NCCCc2ncn[nH]2)c1OC. The zero-order chi connectivity index (χ0) is 15.1. The van der Waals surface area contributed by atoms with Gasteiger partial charge in [-0.15, -0.1) is 0 Å². The molecule has 2 N–H and O–H groups in total. The van der Waals surface area contributed by atoms with E-state index in [1.54, 1.807) is 18.2 Å². The lowest BCUT2D eigenvalue weighted by Gasteiger charge is -2.12. The number of carbonyl (C=O) groups is 1. The molecule has 1 heterocycles. The summed E-state index contributed by atoms with van der Waals surface area (Å²) in [5.74, 6) is 1.59. The molecule has 0 radical (unpaired) electrons. The zero-order valence-corrected chi connectivity index (χ0v) is 12.0. The second kappa shape index (κ2) is 7.28. The highest BCUT2D eigenvalue weighted by Gasteiger charge is 2.15. The predicted molar refractivity (Wildman–Crippen MR) is 76.6 cm³/mol. The summed E-state index contributed by atoms with van der Waals surface area (Å²) in [4.78, 5) is 16.2. The van der Waals surface area contributed by atoms with E-state index < -0.39 is 0 Å². The standard InChI is InChI=1S/C14H18N4O3/c1-20-11-6-3-5-10(13(11)21-2)14(19)15-8-4-7-12-16-9-17-18-12/h3,5-6,9H,4,7-8H2,1-2H3,(H,15,19)(H,16,17,18). The van der Waals surface area contributed by atoms with Crippen molar-refractivity contribution in [1.82, 2.24) is 20.5 Å². The summed E-state index contributed by atoms with van der Waals surface area (Å²) < 4.78 is 10.4. The molecule has 0 bridgehead atoms. The lowest BCUT2D eigenvalue weighted by Crippen LogP contribution is -2.25. The molecule has 0 fully saturated rings. The average molecular weight is 290 g/mol. The molecule has 0 spiro atoms. The Morgan fingerprint density at radius 1 is 1.33 bits per heavy atom. The van der Waals surface area contributed by atoms with Crippen molar-refractivity contribution >= 4 is 5.91 Å². The molecular formula is C14H18N4O3. The third-order valence-corrected chi connectivity index (χ3v) is 2.99. The Kier molecular flexibility index (Phi) is 5.14. The van der Waals surface area contributed by atoms with Crippen LogP contribution < -0.4 is 14.8 Å². The van der Waals surface area contributed by atoms with E-state index in [-0.39, 0.29) is 5.91 Å². The van der Waals surface area contributed by atoms with Gasteiger partial charge in [-0.25, -0.2) is 4.98 Å². The van der Waals surface area contributed by atoms with Gasteiger partial charge in [0.05, 0.1) is 19.8 Å². The Labute approximate surface area is 122 Å². The summed E-state index contributed by atoms with van der Waals surface area (Å²) in [7, 11) is 3.05. The van der Waals surface area contributed by atoms with Crippen LogP contribution in [0.4, 0.5) is 0 Å². The largest absolute Gasteiger partial charge is 0.493 e. The number of aromatic nitrogens is 3. The summed E-state index contributed by atoms with van der Waals surface area (Å²) in [5, 5.41) is 9.40. The Morgan fingerprint density at radius 3 is 2.86 bits per heavy atom. The number of hydrogen-bond acceptors (Lipinski definition) is 5. The van der Waals surface area contributed by atoms with Gasteiger partial charge in [-0.2, -0.15) is 5.10 Å². The van der Waals surface area contributed by atoms with Crippen LogP contribution in [0.3, 0.4) is 0 Å². The van der Waals surface area contributed by atoms with Gasteiger partial charge in [-0.3, -0.25) is 9.89 Å². The summed E-state index contributed by atoms with van der Waals surface area (Å²) >= 11 is 0. The molecule has 0 aliphatic rings. The third-order valence-electron chi connectivity index (χ3n) is 2.99. The molecule has 0 atom stereocenters. The fourth-order valence-corrected chi connectivity index (χ4v) is 1.97. The number of carbonyl (C=O) groups excluding carboxylic acids is 1. The van der Waals surface area contributed by atoms with Crippen molar-refractivity contribution in [3.63, 3.8) is 0 Å². The number of methoxy groups -OCH3 is 2. The summed E-state index contributed by atoms with van der Waals surface area (Å²) in [6.07, 6.45) is 2.97. The Balaban J connectivity index is 1.91. The maximum Gasteiger partial charge on any atom is 0.255 e. The van der Waals surface area contributed by atoms with Crippen LogP contribution in [0.2, 0.25) is 0 Å². The van der Waals surface area contributed by atoms with E-state index in [1.807, 2.05) is 0 Å². The number of hydrogen-bond donors (Lipinski definition) is 2. The molecule has 0 aliphatic heterocycles. The van der Waals surface area contributed by atoms with E-state index in [9.17, 15) is 4.79 Å². The predicted octanol–water partition coefficient (Wildman–Crippen LogP) is 1.18. The summed E-state index contributed by atoms with van der Waals surface area (Å²) in [6.45, 7) is 0.542. The number of para-hydroxylation sites is 1. The van der Waals surface area contributed by atoms with E-state index in [1.165, 1.54) is 20.5 Å². The van der Waals surface area contributed by atoms with Gasteiger partial charge >= 0.3 is 0 Å². The number of rotatable bonds is 7. The van der Waals surface area contributed by atoms with Crippen LogP contribution in [0.15, 0.2) is 24.5 Å². The van der Waals surface area contributed by atoms with Crippen molar-refractivity contribution in [3.05, 3.63) is 35.9 Å². The van der Waals surface area contributed by atoms with Crippen LogP contribution in [-0.4, -0.2) is 41.9 Å². The molecule has 0 saturated carbocycles. The number of H-pyrrole nitrogens is 1. The fraction of sp³-hybridized carbons (Fsp3) is 0.357. The van der Waals surface area contributed by atoms with Crippen LogP contribution in [-0.2, 0) is 6.42 Å². The first-order chi connectivity index (χ1) is 10.3. The molecule has 1 aromatic carbocycles. The van der Waals surface area contributed by atoms with Crippen LogP contribution in [0, 0.1) is 0 Å². The highest BCUT2D eigenvalue weighted by atomic mass is 16.5. The van der Waals surface area contributed by atoms with Gasteiger partial charge in [0.1, 0.15) is 12.2 Å². The number of nitrogens with zero attached hydrogens (tertiary/aromatic N) is 2. The van der Waals surface area contributed by atoms with Gasteiger partial charge in [0, 0.05) is 13.0 Å². The monoisotopic (exact) mass is 290 g/mol. The number of amides is 1. The molecule has 112 valence electrons. The maximum atomic E-state index is 12.2. The highest BCUT2D eigenvalue weighted by Crippen LogP contribution is 2.30. The molecule has 0 saturated heterocycles. The van der Waals surface area contributed by atoms with Crippen LogP contribution in [0.1, 0.15) is 22.6 Å². The minimum Gasteiger partial charge on any atom is -0.493 e. The minimum absolute atomic E-state index is 0.191. The Hall–Kier alpha value is -2.57. The van der Waals surface area contributed by atoms with Crippen molar-refractivity contribution in [1.29, 1.82) is 0 Å². The second-order valence-corrected chi connectivity index (χ2v) is 4.33. The van der Waals surface area contributed by atoms with E-state index in [0.29, 0.717) is 23.6 Å². The molecule has 1 aromatic heterocycles. The van der Waals surface area contributed by atoms with Gasteiger partial charge in [-0.1, -0.05) is 6.07 Å². The topological polar surface area (TPSA) is 89.1 Å². The lowest BCUT2D eigenvalue weighted by molar-refractivity contribution is 0.0949. The first-order valence-corrected chi connectivity index (χ1v) is 6.59. The van der Waals surface area contributed by atoms with Crippen molar-refractivity contribution < 1.29 is 14.3 Å². The number of aryl methyl sites for hydroxylation is 1. The van der Waals surface area contributed by atoms with Crippen LogP contribution in [0.25, 0.3) is 0 Å². The quantitative estimate of drug-likeness (QED) is 0.748. The van der Waals surface area contributed by atoms with Crippen molar-refractivity contribution in [2.45, 2.75) is 12.8 Å². The molecule has 1 amide bonds. The molecule has 7 heteroatoms. The fourth-order valence-electron chi connectivity index (χ4n) is 1.97. The molecule has 2 rings (SSSR count). The molecule has 21 heavy (non-hydrogen) atoms. The molecular weight excluding hydrogens is 272 g/mol. The summed E-state index contributed by atoms with van der Waals surface area (Å²) in [5.41, 5.74) is 0.455. The smallest absolute Gasteiger partial charge is 0.255 e. The number of nitrogens with one attached hydrogen (secondary N) is 2. The van der Waals surface area contributed by atoms with E-state index in [2.05, 4.69) is 20.5 Å². The van der Waals surface area contributed by atoms with Gasteiger partial charge < -0.3 is 14.8 Å². The van der Waals surface area contributed by atoms with E-state index >= 15 is 0 Å².